The summed E-state index contributed by atoms with van der Waals surface area (Å²) < 4.78 is 0. The lowest BCUT2D eigenvalue weighted by Gasteiger charge is -2.09. The van der Waals surface area contributed by atoms with E-state index in [9.17, 15) is 4.79 Å². The summed E-state index contributed by atoms with van der Waals surface area (Å²) in [5, 5.41) is 12.3. The van der Waals surface area contributed by atoms with Crippen LogP contribution in [-0.2, 0) is 6.54 Å². The Labute approximate surface area is 105 Å². The van der Waals surface area contributed by atoms with Gasteiger partial charge in [-0.25, -0.2) is 4.98 Å². The van der Waals surface area contributed by atoms with Crippen LogP contribution in [0.4, 0.5) is 5.69 Å². The summed E-state index contributed by atoms with van der Waals surface area (Å²) >= 11 is 0. The van der Waals surface area contributed by atoms with E-state index in [0.29, 0.717) is 12.4 Å². The van der Waals surface area contributed by atoms with Crippen LogP contribution in [0.2, 0.25) is 0 Å². The molecule has 1 aromatic heterocycles. The number of nitrogens with one attached hydrogen (secondary N) is 3. The number of aromatic amines is 1. The number of hydrogen-bond donors (Lipinski definition) is 3. The Hall–Kier alpha value is -2.21. The molecule has 0 fully saturated rings. The summed E-state index contributed by atoms with van der Waals surface area (Å²) in [6.45, 7) is 2.43. The fraction of sp³-hybridized carbons (Fsp3) is 0.250. The van der Waals surface area contributed by atoms with Crippen molar-refractivity contribution in [1.29, 1.82) is 0 Å². The van der Waals surface area contributed by atoms with Gasteiger partial charge in [0, 0.05) is 12.2 Å². The SMILES string of the molecule is CNCc1ccccc1NC(=O)c1n[nH]c(C)n1. The molecular formula is C12H15N5O. The molecule has 0 aliphatic heterocycles. The molecule has 18 heavy (non-hydrogen) atoms. The highest BCUT2D eigenvalue weighted by atomic mass is 16.2. The molecule has 2 aromatic rings. The number of para-hydroxylation sites is 1. The lowest BCUT2D eigenvalue weighted by molar-refractivity contribution is 0.101. The van der Waals surface area contributed by atoms with E-state index < -0.39 is 0 Å². The summed E-state index contributed by atoms with van der Waals surface area (Å²) in [4.78, 5) is 15.9. The topological polar surface area (TPSA) is 82.7 Å². The molecule has 0 aliphatic rings. The summed E-state index contributed by atoms with van der Waals surface area (Å²) in [6, 6.07) is 7.61. The van der Waals surface area contributed by atoms with E-state index in [1.807, 2.05) is 31.3 Å². The molecular weight excluding hydrogens is 230 g/mol. The zero-order valence-electron chi connectivity index (χ0n) is 10.3. The molecule has 0 radical (unpaired) electrons. The fourth-order valence-corrected chi connectivity index (χ4v) is 1.61. The Kier molecular flexibility index (Phi) is 3.69. The standard InChI is InChI=1S/C12H15N5O/c1-8-14-11(17-16-8)12(18)15-10-6-4-3-5-9(10)7-13-2/h3-6,13H,7H2,1-2H3,(H,15,18)(H,14,16,17). The van der Waals surface area contributed by atoms with Crippen LogP contribution in [0.1, 0.15) is 22.0 Å². The average molecular weight is 245 g/mol. The van der Waals surface area contributed by atoms with Gasteiger partial charge in [-0.3, -0.25) is 9.89 Å². The van der Waals surface area contributed by atoms with E-state index >= 15 is 0 Å². The number of H-pyrrole nitrogens is 1. The van der Waals surface area contributed by atoms with Crippen LogP contribution >= 0.6 is 0 Å². The summed E-state index contributed by atoms with van der Waals surface area (Å²) in [5.41, 5.74) is 1.78. The highest BCUT2D eigenvalue weighted by molar-refractivity contribution is 6.01. The van der Waals surface area contributed by atoms with Crippen molar-refractivity contribution < 1.29 is 4.79 Å². The van der Waals surface area contributed by atoms with Gasteiger partial charge in [0.15, 0.2) is 0 Å². The van der Waals surface area contributed by atoms with Gasteiger partial charge in [-0.05, 0) is 25.6 Å². The molecule has 94 valence electrons. The van der Waals surface area contributed by atoms with E-state index in [0.717, 1.165) is 11.3 Å². The number of benzene rings is 1. The first-order chi connectivity index (χ1) is 8.70. The van der Waals surface area contributed by atoms with Crippen LogP contribution in [0, 0.1) is 6.92 Å². The van der Waals surface area contributed by atoms with Gasteiger partial charge >= 0.3 is 0 Å². The van der Waals surface area contributed by atoms with E-state index in [2.05, 4.69) is 25.8 Å². The monoisotopic (exact) mass is 245 g/mol. The van der Waals surface area contributed by atoms with Crippen molar-refractivity contribution in [2.24, 2.45) is 0 Å². The average Bonchev–Trinajstić information content (AvgIpc) is 2.79. The fourth-order valence-electron chi connectivity index (χ4n) is 1.61. The summed E-state index contributed by atoms with van der Waals surface area (Å²) in [6.07, 6.45) is 0. The molecule has 6 nitrogen and oxygen atoms in total. The maximum absolute atomic E-state index is 11.9. The molecule has 2 rings (SSSR count). The maximum atomic E-state index is 11.9. The van der Waals surface area contributed by atoms with Crippen molar-refractivity contribution >= 4 is 11.6 Å². The number of rotatable bonds is 4. The van der Waals surface area contributed by atoms with Gasteiger partial charge in [0.25, 0.3) is 5.91 Å². The Morgan fingerprint density at radius 2 is 2.17 bits per heavy atom. The molecule has 0 saturated carbocycles. The van der Waals surface area contributed by atoms with Crippen LogP contribution in [0.25, 0.3) is 0 Å². The van der Waals surface area contributed by atoms with E-state index in [4.69, 9.17) is 0 Å². The van der Waals surface area contributed by atoms with E-state index in [1.165, 1.54) is 0 Å². The summed E-state index contributed by atoms with van der Waals surface area (Å²) in [7, 11) is 1.86. The number of hydrogen-bond acceptors (Lipinski definition) is 4. The second kappa shape index (κ2) is 5.42. The van der Waals surface area contributed by atoms with Gasteiger partial charge in [0.2, 0.25) is 5.82 Å². The number of carbonyl (C=O) groups excluding carboxylic acids is 1. The smallest absolute Gasteiger partial charge is 0.295 e. The molecule has 1 aromatic carbocycles. The highest BCUT2D eigenvalue weighted by Gasteiger charge is 2.12. The Morgan fingerprint density at radius 1 is 1.39 bits per heavy atom. The van der Waals surface area contributed by atoms with Gasteiger partial charge in [0.05, 0.1) is 0 Å². The number of aryl methyl sites for hydroxylation is 1. The Morgan fingerprint density at radius 3 is 2.83 bits per heavy atom. The predicted octanol–water partition coefficient (Wildman–Crippen LogP) is 1.08. The second-order valence-electron chi connectivity index (χ2n) is 3.89. The molecule has 1 amide bonds. The molecule has 0 unspecified atom stereocenters. The zero-order chi connectivity index (χ0) is 13.0. The lowest BCUT2D eigenvalue weighted by Crippen LogP contribution is -2.16. The number of nitrogens with zero attached hydrogens (tertiary/aromatic N) is 2. The van der Waals surface area contributed by atoms with Crippen LogP contribution < -0.4 is 10.6 Å². The zero-order valence-corrected chi connectivity index (χ0v) is 10.3. The van der Waals surface area contributed by atoms with Crippen molar-refractivity contribution in [3.63, 3.8) is 0 Å². The van der Waals surface area contributed by atoms with E-state index in [1.54, 1.807) is 6.92 Å². The largest absolute Gasteiger partial charge is 0.319 e. The number of carbonyl (C=O) groups is 1. The molecule has 1 heterocycles. The van der Waals surface area contributed by atoms with Crippen LogP contribution in [0.5, 0.6) is 0 Å². The quantitative estimate of drug-likeness (QED) is 0.753. The minimum Gasteiger partial charge on any atom is -0.319 e. The van der Waals surface area contributed by atoms with Crippen molar-refractivity contribution in [3.05, 3.63) is 41.5 Å². The number of aromatic nitrogens is 3. The minimum atomic E-state index is -0.317. The van der Waals surface area contributed by atoms with Gasteiger partial charge in [-0.15, -0.1) is 5.10 Å². The molecule has 0 atom stereocenters. The lowest BCUT2D eigenvalue weighted by atomic mass is 10.1. The van der Waals surface area contributed by atoms with Gasteiger partial charge in [0.1, 0.15) is 5.82 Å². The second-order valence-corrected chi connectivity index (χ2v) is 3.89. The Bertz CT molecular complexity index is 549. The highest BCUT2D eigenvalue weighted by Crippen LogP contribution is 2.15. The van der Waals surface area contributed by atoms with Crippen LogP contribution in [0.15, 0.2) is 24.3 Å². The van der Waals surface area contributed by atoms with Crippen LogP contribution in [0.3, 0.4) is 0 Å². The predicted molar refractivity (Wildman–Crippen MR) is 68.3 cm³/mol. The summed E-state index contributed by atoms with van der Waals surface area (Å²) in [5.74, 6) is 0.443. The third kappa shape index (κ3) is 2.72. The molecule has 0 spiro atoms. The molecule has 0 saturated heterocycles. The van der Waals surface area contributed by atoms with Crippen molar-refractivity contribution in [2.45, 2.75) is 13.5 Å². The van der Waals surface area contributed by atoms with Crippen molar-refractivity contribution in [1.82, 2.24) is 20.5 Å². The normalized spacial score (nSPS) is 10.3. The van der Waals surface area contributed by atoms with Gasteiger partial charge in [-0.1, -0.05) is 18.2 Å². The maximum Gasteiger partial charge on any atom is 0.295 e. The van der Waals surface area contributed by atoms with Crippen molar-refractivity contribution in [3.8, 4) is 0 Å². The first-order valence-corrected chi connectivity index (χ1v) is 5.63. The molecule has 0 aliphatic carbocycles. The van der Waals surface area contributed by atoms with Crippen molar-refractivity contribution in [2.75, 3.05) is 12.4 Å². The molecule has 3 N–H and O–H groups in total. The third-order valence-corrected chi connectivity index (χ3v) is 2.43. The van der Waals surface area contributed by atoms with Gasteiger partial charge < -0.3 is 10.6 Å². The van der Waals surface area contributed by atoms with Gasteiger partial charge in [-0.2, -0.15) is 0 Å². The Balaban J connectivity index is 2.16. The first-order valence-electron chi connectivity index (χ1n) is 5.63. The number of amides is 1. The third-order valence-electron chi connectivity index (χ3n) is 2.43. The first kappa shape index (κ1) is 12.3. The minimum absolute atomic E-state index is 0.145. The molecule has 6 heteroatoms. The van der Waals surface area contributed by atoms with Crippen LogP contribution in [-0.4, -0.2) is 28.1 Å². The molecule has 0 bridgehead atoms. The number of anilines is 1. The van der Waals surface area contributed by atoms with E-state index in [-0.39, 0.29) is 11.7 Å².